The molecule has 46 heavy (non-hydrogen) atoms. The van der Waals surface area contributed by atoms with E-state index in [1.165, 1.54) is 40.7 Å². The first-order chi connectivity index (χ1) is 21.9. The number of nitrogens with zero attached hydrogens (tertiary/aromatic N) is 6. The summed E-state index contributed by atoms with van der Waals surface area (Å²) in [4.78, 5) is 57.9. The number of aryl methyl sites for hydroxylation is 1. The van der Waals surface area contributed by atoms with Gasteiger partial charge >= 0.3 is 23.9 Å². The first-order valence-electron chi connectivity index (χ1n) is 15.3. The smallest absolute Gasteiger partial charge is 0.423 e. The topological polar surface area (TPSA) is 132 Å². The molecule has 4 aromatic rings. The Morgan fingerprint density at radius 3 is 2.48 bits per heavy atom. The number of benzene rings is 1. The fourth-order valence-corrected chi connectivity index (χ4v) is 5.73. The molecule has 1 unspecified atom stereocenters. The number of aromatic nitrogens is 6. The molecular weight excluding hydrogens is 609 g/mol. The molecule has 246 valence electrons. The van der Waals surface area contributed by atoms with Crippen molar-refractivity contribution < 1.29 is 32.2 Å². The van der Waals surface area contributed by atoms with Crippen molar-refractivity contribution in [2.75, 3.05) is 0 Å². The number of hydrogen-bond acceptors (Lipinski definition) is 8. The molecule has 0 N–H and O–H groups in total. The van der Waals surface area contributed by atoms with Gasteiger partial charge in [-0.25, -0.2) is 19.1 Å². The molecule has 1 atom stereocenters. The van der Waals surface area contributed by atoms with Gasteiger partial charge in [0.15, 0.2) is 17.0 Å². The van der Waals surface area contributed by atoms with Crippen LogP contribution in [0.15, 0.2) is 46.2 Å². The number of halogens is 3. The van der Waals surface area contributed by atoms with Crippen molar-refractivity contribution in [1.29, 1.82) is 0 Å². The Kier molecular flexibility index (Phi) is 9.49. The van der Waals surface area contributed by atoms with Crippen LogP contribution in [0, 0.1) is 5.92 Å². The fourth-order valence-electron chi connectivity index (χ4n) is 5.73. The molecule has 0 spiro atoms. The minimum atomic E-state index is -4.52. The maximum absolute atomic E-state index is 13.8. The summed E-state index contributed by atoms with van der Waals surface area (Å²) >= 11 is 0. The summed E-state index contributed by atoms with van der Waals surface area (Å²) in [6, 6.07) is 4.80. The van der Waals surface area contributed by atoms with Crippen LogP contribution in [0.3, 0.4) is 0 Å². The van der Waals surface area contributed by atoms with Gasteiger partial charge in [0.1, 0.15) is 0 Å². The van der Waals surface area contributed by atoms with Gasteiger partial charge in [0.25, 0.3) is 5.56 Å². The summed E-state index contributed by atoms with van der Waals surface area (Å²) in [6.45, 7) is 5.07. The average molecular weight is 645 g/mol. The van der Waals surface area contributed by atoms with Crippen LogP contribution < -0.4 is 11.2 Å². The summed E-state index contributed by atoms with van der Waals surface area (Å²) in [5, 5.41) is 4.24. The number of hydrogen-bond donors (Lipinski definition) is 0. The third kappa shape index (κ3) is 6.63. The van der Waals surface area contributed by atoms with Crippen LogP contribution in [0.2, 0.25) is 0 Å². The van der Waals surface area contributed by atoms with E-state index >= 15 is 0 Å². The molecule has 1 saturated carbocycles. The van der Waals surface area contributed by atoms with Gasteiger partial charge in [-0.15, -0.1) is 0 Å². The van der Waals surface area contributed by atoms with E-state index in [4.69, 9.17) is 9.47 Å². The second-order valence-corrected chi connectivity index (χ2v) is 11.3. The van der Waals surface area contributed by atoms with Crippen molar-refractivity contribution in [2.24, 2.45) is 5.92 Å². The number of carbonyl (C=O) groups excluding carboxylic acids is 2. The first kappa shape index (κ1) is 32.7. The third-order valence-electron chi connectivity index (χ3n) is 7.95. The van der Waals surface area contributed by atoms with Crippen molar-refractivity contribution in [2.45, 2.75) is 91.4 Å². The molecule has 12 nitrogen and oxygen atoms in total. The lowest BCUT2D eigenvalue weighted by atomic mass is 9.89. The van der Waals surface area contributed by atoms with E-state index in [2.05, 4.69) is 10.1 Å². The lowest BCUT2D eigenvalue weighted by Gasteiger charge is -2.22. The summed E-state index contributed by atoms with van der Waals surface area (Å²) < 4.78 is 55.2. The number of carbonyl (C=O) groups is 2. The molecule has 1 aromatic carbocycles. The maximum Gasteiger partial charge on any atom is 0.423 e. The number of rotatable bonds is 9. The molecule has 1 aliphatic carbocycles. The normalized spacial score (nSPS) is 14.8. The van der Waals surface area contributed by atoms with Crippen molar-refractivity contribution in [3.05, 3.63) is 68.6 Å². The quantitative estimate of drug-likeness (QED) is 0.180. The predicted molar refractivity (Wildman–Crippen MR) is 160 cm³/mol. The molecule has 1 aliphatic rings. The molecular formula is C31H35F3N6O6. The molecule has 15 heteroatoms. The van der Waals surface area contributed by atoms with E-state index in [9.17, 15) is 32.3 Å². The Balaban J connectivity index is 1.55. The van der Waals surface area contributed by atoms with E-state index in [1.54, 1.807) is 13.8 Å². The summed E-state index contributed by atoms with van der Waals surface area (Å²) in [6.07, 6.45) is 0.591. The van der Waals surface area contributed by atoms with Crippen LogP contribution in [-0.2, 0) is 40.1 Å². The highest BCUT2D eigenvalue weighted by atomic mass is 19.4. The van der Waals surface area contributed by atoms with Crippen molar-refractivity contribution in [3.8, 4) is 11.4 Å². The molecule has 0 aliphatic heterocycles. The molecule has 3 aromatic heterocycles. The summed E-state index contributed by atoms with van der Waals surface area (Å²) in [5.74, 6) is -0.854. The minimum absolute atomic E-state index is 0.0360. The minimum Gasteiger partial charge on any atom is -0.425 e. The molecule has 3 heterocycles. The van der Waals surface area contributed by atoms with Crippen LogP contribution in [0.25, 0.3) is 22.6 Å². The van der Waals surface area contributed by atoms with Gasteiger partial charge in [-0.2, -0.15) is 18.3 Å². The zero-order chi connectivity index (χ0) is 33.2. The van der Waals surface area contributed by atoms with Crippen LogP contribution in [-0.4, -0.2) is 46.8 Å². The van der Waals surface area contributed by atoms with Crippen molar-refractivity contribution >= 4 is 23.2 Å². The highest BCUT2D eigenvalue weighted by Crippen LogP contribution is 2.30. The Bertz CT molecular complexity index is 1860. The lowest BCUT2D eigenvalue weighted by molar-refractivity contribution is -0.170. The van der Waals surface area contributed by atoms with Gasteiger partial charge in [0, 0.05) is 26.2 Å². The predicted octanol–water partition coefficient (Wildman–Crippen LogP) is 5.17. The highest BCUT2D eigenvalue weighted by molar-refractivity contribution is 5.90. The highest BCUT2D eigenvalue weighted by Gasteiger charge is 2.31. The second kappa shape index (κ2) is 13.3. The molecule has 1 fully saturated rings. The molecule has 0 amide bonds. The largest absolute Gasteiger partial charge is 0.425 e. The van der Waals surface area contributed by atoms with Gasteiger partial charge in [0.05, 0.1) is 29.8 Å². The Morgan fingerprint density at radius 2 is 1.80 bits per heavy atom. The van der Waals surface area contributed by atoms with E-state index in [1.807, 2.05) is 0 Å². The fraction of sp³-hybridized carbons (Fsp3) is 0.484. The van der Waals surface area contributed by atoms with Crippen LogP contribution in [0.5, 0.6) is 0 Å². The molecule has 0 saturated heterocycles. The molecule has 0 bridgehead atoms. The van der Waals surface area contributed by atoms with E-state index < -0.39 is 41.3 Å². The monoisotopic (exact) mass is 644 g/mol. The van der Waals surface area contributed by atoms with Crippen LogP contribution in [0.4, 0.5) is 18.0 Å². The molecule has 0 radical (unpaired) electrons. The van der Waals surface area contributed by atoms with Crippen LogP contribution in [0.1, 0.15) is 70.4 Å². The number of alkyl halides is 3. The maximum atomic E-state index is 13.8. The van der Waals surface area contributed by atoms with Gasteiger partial charge in [-0.05, 0) is 43.9 Å². The average Bonchev–Trinajstić information content (AvgIpc) is 3.65. The summed E-state index contributed by atoms with van der Waals surface area (Å²) in [7, 11) is 0. The van der Waals surface area contributed by atoms with Crippen molar-refractivity contribution in [3.63, 3.8) is 0 Å². The SMILES string of the molecule is CCCn1c(=O)c2c(nc(-c3cnn(Cc4cccc(C(F)(F)F)c4)c3)n2C(=O)OC(C)OC(=O)C2CCCCC2)n(CC)c1=O. The van der Waals surface area contributed by atoms with Gasteiger partial charge in [-0.3, -0.25) is 23.4 Å². The Labute approximate surface area is 261 Å². The van der Waals surface area contributed by atoms with Crippen LogP contribution >= 0.6 is 0 Å². The zero-order valence-corrected chi connectivity index (χ0v) is 25.7. The number of imidazole rings is 1. The third-order valence-corrected chi connectivity index (χ3v) is 7.95. The van der Waals surface area contributed by atoms with Crippen molar-refractivity contribution in [1.82, 2.24) is 28.5 Å². The number of fused-ring (bicyclic) bond motifs is 1. The molecule has 5 rings (SSSR count). The number of esters is 1. The second-order valence-electron chi connectivity index (χ2n) is 11.3. The Hall–Kier alpha value is -4.69. The standard InChI is InChI=1S/C31H35F3N6O6/c1-4-14-39-27(41)24-26(38(5-2)29(39)43)36-25(40(24)30(44)46-19(3)45-28(42)21-11-7-6-8-12-21)22-16-35-37(18-22)17-20-10-9-13-23(15-20)31(32,33)34/h9-10,13,15-16,18-19,21H,4-8,11-12,14,17H2,1-3H3. The Morgan fingerprint density at radius 1 is 1.07 bits per heavy atom. The van der Waals surface area contributed by atoms with Gasteiger partial charge in [0.2, 0.25) is 6.29 Å². The zero-order valence-electron chi connectivity index (χ0n) is 25.7. The first-order valence-corrected chi connectivity index (χ1v) is 15.3. The number of ether oxygens (including phenoxy) is 2. The van der Waals surface area contributed by atoms with E-state index in [-0.39, 0.29) is 48.1 Å². The van der Waals surface area contributed by atoms with E-state index in [0.717, 1.165) is 40.5 Å². The summed E-state index contributed by atoms with van der Waals surface area (Å²) in [5.41, 5.74) is -1.88. The van der Waals surface area contributed by atoms with E-state index in [0.29, 0.717) is 24.8 Å². The van der Waals surface area contributed by atoms with Gasteiger partial charge in [-0.1, -0.05) is 38.3 Å². The van der Waals surface area contributed by atoms with Gasteiger partial charge < -0.3 is 9.47 Å². The lowest BCUT2D eigenvalue weighted by Crippen LogP contribution is -2.41.